The van der Waals surface area contributed by atoms with E-state index in [-0.39, 0.29) is 41.8 Å². The van der Waals surface area contributed by atoms with Gasteiger partial charge < -0.3 is 19.5 Å². The van der Waals surface area contributed by atoms with Gasteiger partial charge in [-0.25, -0.2) is 13.2 Å². The lowest BCUT2D eigenvalue weighted by atomic mass is 9.83. The first-order valence-electron chi connectivity index (χ1n) is 12.7. The number of carbonyl (C=O) groups is 1. The number of rotatable bonds is 7. The van der Waals surface area contributed by atoms with Crippen LogP contribution in [0.4, 0.5) is 4.79 Å². The number of aromatic nitrogens is 1. The number of benzene rings is 1. The van der Waals surface area contributed by atoms with Crippen molar-refractivity contribution in [2.24, 2.45) is 0 Å². The lowest BCUT2D eigenvalue weighted by Crippen LogP contribution is -2.51. The molecule has 2 aromatic rings. The Hall–Kier alpha value is -2.65. The summed E-state index contributed by atoms with van der Waals surface area (Å²) in [6.45, 7) is 3.15. The second-order valence-corrected chi connectivity index (χ2v) is 12.8. The van der Waals surface area contributed by atoms with Crippen LogP contribution in [0.3, 0.4) is 0 Å². The van der Waals surface area contributed by atoms with E-state index in [4.69, 9.17) is 14.6 Å². The van der Waals surface area contributed by atoms with Crippen LogP contribution in [0.25, 0.3) is 11.3 Å². The molecule has 3 heterocycles. The fourth-order valence-electron chi connectivity index (χ4n) is 4.97. The Morgan fingerprint density at radius 3 is 2.58 bits per heavy atom. The van der Waals surface area contributed by atoms with Crippen molar-refractivity contribution in [3.05, 3.63) is 47.7 Å². The summed E-state index contributed by atoms with van der Waals surface area (Å²) in [7, 11) is -3.26. The molecule has 1 spiro atoms. The molecule has 3 aliphatic rings. The van der Waals surface area contributed by atoms with Crippen molar-refractivity contribution in [3.63, 3.8) is 0 Å². The van der Waals surface area contributed by atoms with Gasteiger partial charge in [-0.1, -0.05) is 6.07 Å². The second kappa shape index (κ2) is 9.67. The molecule has 0 bridgehead atoms. The number of aliphatic hydroxyl groups excluding tert-OH is 1. The Kier molecular flexibility index (Phi) is 6.72. The average Bonchev–Trinajstić information content (AvgIpc) is 3.59. The number of fused-ring (bicyclic) bond motifs is 1. The van der Waals surface area contributed by atoms with E-state index < -0.39 is 9.84 Å². The van der Waals surface area contributed by atoms with Gasteiger partial charge in [0.15, 0.2) is 9.84 Å². The number of carbonyl (C=O) groups excluding carboxylic acids is 1. The highest BCUT2D eigenvalue weighted by molar-refractivity contribution is 7.90. The Bertz CT molecular complexity index is 1220. The van der Waals surface area contributed by atoms with Crippen LogP contribution >= 0.6 is 0 Å². The van der Waals surface area contributed by atoms with E-state index in [1.54, 1.807) is 12.3 Å². The van der Waals surface area contributed by atoms with Gasteiger partial charge in [-0.3, -0.25) is 4.98 Å². The van der Waals surface area contributed by atoms with E-state index in [1.807, 2.05) is 30.0 Å². The summed E-state index contributed by atoms with van der Waals surface area (Å²) in [6.07, 6.45) is 6.95. The fourth-order valence-corrected chi connectivity index (χ4v) is 6.37. The molecule has 0 atom stereocenters. The third-order valence-corrected chi connectivity index (χ3v) is 9.26. The van der Waals surface area contributed by atoms with Crippen LogP contribution in [0, 0.1) is 0 Å². The van der Waals surface area contributed by atoms with Gasteiger partial charge >= 0.3 is 6.09 Å². The fraction of sp³-hybridized carbons (Fsp3) is 0.556. The third kappa shape index (κ3) is 5.67. The smallest absolute Gasteiger partial charge is 0.410 e. The number of pyridine rings is 1. The molecule has 0 radical (unpaired) electrons. The van der Waals surface area contributed by atoms with Crippen molar-refractivity contribution >= 4 is 15.9 Å². The molecule has 8 nitrogen and oxygen atoms in total. The maximum atomic E-state index is 12.4. The molecule has 2 fully saturated rings. The molecule has 1 amide bonds. The topological polar surface area (TPSA) is 106 Å². The summed E-state index contributed by atoms with van der Waals surface area (Å²) in [5, 5.41) is 8.88. The van der Waals surface area contributed by atoms with Gasteiger partial charge in [0.05, 0.1) is 17.2 Å². The van der Waals surface area contributed by atoms with Crippen LogP contribution in [0.15, 0.2) is 36.5 Å². The monoisotopic (exact) mass is 514 g/mol. The van der Waals surface area contributed by atoms with Crippen LogP contribution in [0.5, 0.6) is 5.75 Å². The zero-order valence-electron chi connectivity index (χ0n) is 20.7. The molecular formula is C27H34N2O6S. The molecule has 1 saturated heterocycles. The number of ether oxygens (including phenoxy) is 2. The van der Waals surface area contributed by atoms with E-state index in [0.29, 0.717) is 18.7 Å². The number of nitrogens with zero attached hydrogens (tertiary/aromatic N) is 2. The van der Waals surface area contributed by atoms with E-state index in [0.717, 1.165) is 61.1 Å². The van der Waals surface area contributed by atoms with Crippen molar-refractivity contribution in [1.29, 1.82) is 0 Å². The maximum absolute atomic E-state index is 12.4. The van der Waals surface area contributed by atoms with Gasteiger partial charge in [-0.2, -0.15) is 0 Å². The molecule has 1 saturated carbocycles. The number of hydrogen-bond acceptors (Lipinski definition) is 7. The van der Waals surface area contributed by atoms with E-state index in [9.17, 15) is 13.2 Å². The van der Waals surface area contributed by atoms with Gasteiger partial charge in [0.1, 0.15) is 17.0 Å². The summed E-state index contributed by atoms with van der Waals surface area (Å²) >= 11 is 0. The molecule has 1 aliphatic carbocycles. The predicted molar refractivity (Wildman–Crippen MR) is 135 cm³/mol. The number of amides is 1. The average molecular weight is 515 g/mol. The lowest BCUT2D eigenvalue weighted by molar-refractivity contribution is -0.0201. The molecule has 2 aliphatic heterocycles. The Labute approximate surface area is 212 Å². The molecule has 194 valence electrons. The highest BCUT2D eigenvalue weighted by Crippen LogP contribution is 2.42. The van der Waals surface area contributed by atoms with Gasteiger partial charge in [0.2, 0.25) is 0 Å². The highest BCUT2D eigenvalue weighted by Gasteiger charge is 2.45. The van der Waals surface area contributed by atoms with Crippen molar-refractivity contribution in [1.82, 2.24) is 9.88 Å². The highest BCUT2D eigenvalue weighted by atomic mass is 32.2. The minimum Gasteiger partial charge on any atom is -0.487 e. The Balaban J connectivity index is 1.20. The molecule has 1 aromatic carbocycles. The molecular weight excluding hydrogens is 480 g/mol. The SMILES string of the molecule is CC1(OC(=O)N2CCC3(CCc4cc(-c5ccc(CS(=O)(=O)CCCO)cn5)ccc4O3)CC2)CC1. The molecule has 0 unspecified atom stereocenters. The zero-order chi connectivity index (χ0) is 25.4. The molecule has 9 heteroatoms. The van der Waals surface area contributed by atoms with Crippen LogP contribution in [0.1, 0.15) is 56.6 Å². The van der Waals surface area contributed by atoms with Crippen LogP contribution in [-0.2, 0) is 26.7 Å². The molecule has 5 rings (SSSR count). The zero-order valence-corrected chi connectivity index (χ0v) is 21.6. The van der Waals surface area contributed by atoms with Gasteiger partial charge in [-0.15, -0.1) is 0 Å². The lowest BCUT2D eigenvalue weighted by Gasteiger charge is -2.44. The van der Waals surface area contributed by atoms with E-state index >= 15 is 0 Å². The summed E-state index contributed by atoms with van der Waals surface area (Å²) in [5.41, 5.74) is 3.04. The van der Waals surface area contributed by atoms with Crippen molar-refractivity contribution in [2.45, 2.75) is 68.8 Å². The quantitative estimate of drug-likeness (QED) is 0.597. The van der Waals surface area contributed by atoms with Crippen molar-refractivity contribution in [2.75, 3.05) is 25.4 Å². The first kappa shape index (κ1) is 25.0. The van der Waals surface area contributed by atoms with Gasteiger partial charge in [-0.05, 0) is 74.4 Å². The number of sulfone groups is 1. The van der Waals surface area contributed by atoms with Crippen LogP contribution < -0.4 is 4.74 Å². The normalized spacial score (nSPS) is 19.9. The number of aliphatic hydroxyl groups is 1. The molecule has 1 aromatic heterocycles. The van der Waals surface area contributed by atoms with Crippen molar-refractivity contribution in [3.8, 4) is 17.0 Å². The number of hydrogen-bond donors (Lipinski definition) is 1. The minimum absolute atomic E-state index is 0.0287. The number of aryl methyl sites for hydroxylation is 1. The third-order valence-electron chi connectivity index (χ3n) is 7.58. The van der Waals surface area contributed by atoms with Gasteiger partial charge in [0.25, 0.3) is 0 Å². The summed E-state index contributed by atoms with van der Waals surface area (Å²) in [5.74, 6) is 0.784. The van der Waals surface area contributed by atoms with E-state index in [1.165, 1.54) is 0 Å². The molecule has 1 N–H and O–H groups in total. The number of piperidine rings is 1. The maximum Gasteiger partial charge on any atom is 0.410 e. The second-order valence-electron chi connectivity index (χ2n) is 10.6. The minimum atomic E-state index is -3.26. The van der Waals surface area contributed by atoms with Crippen LogP contribution in [0.2, 0.25) is 0 Å². The van der Waals surface area contributed by atoms with Crippen molar-refractivity contribution < 1.29 is 27.8 Å². The Morgan fingerprint density at radius 2 is 1.92 bits per heavy atom. The first-order chi connectivity index (χ1) is 17.2. The predicted octanol–water partition coefficient (Wildman–Crippen LogP) is 3.89. The molecule has 36 heavy (non-hydrogen) atoms. The summed E-state index contributed by atoms with van der Waals surface area (Å²) < 4.78 is 36.4. The Morgan fingerprint density at radius 1 is 1.14 bits per heavy atom. The standard InChI is InChI=1S/C27H34N2O6S/c1-26(9-10-26)35-25(31)29-13-11-27(12-14-29)8-7-22-17-21(4-6-24(22)34-27)23-5-3-20(18-28-23)19-36(32,33)16-2-15-30/h3-6,17-18,30H,2,7-16,19H2,1H3. The van der Waals surface area contributed by atoms with E-state index in [2.05, 4.69) is 11.1 Å². The van der Waals surface area contributed by atoms with Gasteiger partial charge in [0, 0.05) is 44.3 Å². The summed E-state index contributed by atoms with van der Waals surface area (Å²) in [6, 6.07) is 9.73. The first-order valence-corrected chi connectivity index (χ1v) is 14.6. The summed E-state index contributed by atoms with van der Waals surface area (Å²) in [4.78, 5) is 18.8. The van der Waals surface area contributed by atoms with Crippen LogP contribution in [-0.4, -0.2) is 66.2 Å². The largest absolute Gasteiger partial charge is 0.487 e. The number of likely N-dealkylation sites (tertiary alicyclic amines) is 1.